The molecule has 0 fully saturated rings. The molecule has 120 valence electrons. The highest BCUT2D eigenvalue weighted by Gasteiger charge is 2.29. The van der Waals surface area contributed by atoms with Crippen molar-refractivity contribution in [2.24, 2.45) is 4.99 Å². The number of carbonyl (C=O) groups is 1. The average Bonchev–Trinajstić information content (AvgIpc) is 2.77. The van der Waals surface area contributed by atoms with Crippen LogP contribution in [0.5, 0.6) is 0 Å². The lowest BCUT2D eigenvalue weighted by Crippen LogP contribution is -2.22. The minimum absolute atomic E-state index is 0.241. The molecular formula is C14H17BrN2O4S. The number of amidine groups is 1. The average molecular weight is 389 g/mol. The molecule has 1 N–H and O–H groups in total. The Labute approximate surface area is 138 Å². The molecule has 1 aromatic carbocycles. The van der Waals surface area contributed by atoms with Crippen molar-refractivity contribution in [2.75, 3.05) is 13.2 Å². The van der Waals surface area contributed by atoms with Crippen molar-refractivity contribution >= 4 is 37.8 Å². The monoisotopic (exact) mass is 388 g/mol. The minimum atomic E-state index is -3.50. The Morgan fingerprint density at radius 3 is 2.86 bits per heavy atom. The van der Waals surface area contributed by atoms with Crippen LogP contribution >= 0.6 is 15.9 Å². The summed E-state index contributed by atoms with van der Waals surface area (Å²) in [5, 5.41) is 0. The van der Waals surface area contributed by atoms with E-state index in [1.165, 1.54) is 0 Å². The number of esters is 1. The summed E-state index contributed by atoms with van der Waals surface area (Å²) in [7, 11) is -3.50. The highest BCUT2D eigenvalue weighted by Crippen LogP contribution is 2.22. The Morgan fingerprint density at radius 1 is 1.41 bits per heavy atom. The number of ether oxygens (including phenoxy) is 1. The maximum absolute atomic E-state index is 11.9. The molecule has 6 nitrogen and oxygen atoms in total. The number of hydrogen-bond acceptors (Lipinski definition) is 5. The Hall–Kier alpha value is -1.41. The van der Waals surface area contributed by atoms with Gasteiger partial charge in [0.25, 0.3) is 10.0 Å². The zero-order valence-electron chi connectivity index (χ0n) is 12.1. The molecule has 0 saturated heterocycles. The molecule has 22 heavy (non-hydrogen) atoms. The van der Waals surface area contributed by atoms with Crippen LogP contribution in [-0.4, -0.2) is 38.2 Å². The number of nitrogens with one attached hydrogen (secondary N) is 1. The van der Waals surface area contributed by atoms with Gasteiger partial charge in [0.1, 0.15) is 10.7 Å². The Bertz CT molecular complexity index is 688. The molecule has 1 aromatic rings. The molecule has 1 aliphatic rings. The van der Waals surface area contributed by atoms with Crippen LogP contribution in [0.25, 0.3) is 0 Å². The number of nitrogens with zero attached hydrogens (tertiary/aromatic N) is 1. The van der Waals surface area contributed by atoms with Crippen LogP contribution < -0.4 is 4.72 Å². The van der Waals surface area contributed by atoms with E-state index in [-0.39, 0.29) is 22.3 Å². The van der Waals surface area contributed by atoms with Crippen molar-refractivity contribution in [3.8, 4) is 0 Å². The SMILES string of the molecule is CC[C@H](Br)C(=O)OCCCN=C1NS(=O)(=O)c2ccccc21. The number of fused-ring (bicyclic) bond motifs is 1. The summed E-state index contributed by atoms with van der Waals surface area (Å²) < 4.78 is 31.3. The van der Waals surface area contributed by atoms with Crippen LogP contribution in [0.3, 0.4) is 0 Å². The van der Waals surface area contributed by atoms with Gasteiger partial charge < -0.3 is 4.74 Å². The third kappa shape index (κ3) is 3.86. The largest absolute Gasteiger partial charge is 0.465 e. The number of rotatable bonds is 6. The first-order valence-corrected chi connectivity index (χ1v) is 9.33. The number of halogens is 1. The molecular weight excluding hydrogens is 372 g/mol. The highest BCUT2D eigenvalue weighted by atomic mass is 79.9. The maximum Gasteiger partial charge on any atom is 0.319 e. The first-order valence-electron chi connectivity index (χ1n) is 6.93. The van der Waals surface area contributed by atoms with Crippen molar-refractivity contribution in [3.63, 3.8) is 0 Å². The second kappa shape index (κ2) is 7.23. The fourth-order valence-corrected chi connectivity index (χ4v) is 3.32. The predicted octanol–water partition coefficient (Wildman–Crippen LogP) is 1.83. The molecule has 0 unspecified atom stereocenters. The molecule has 1 heterocycles. The zero-order chi connectivity index (χ0) is 16.2. The van der Waals surface area contributed by atoms with Crippen molar-refractivity contribution in [2.45, 2.75) is 29.5 Å². The van der Waals surface area contributed by atoms with Crippen LogP contribution in [0.15, 0.2) is 34.2 Å². The Balaban J connectivity index is 1.89. The summed E-state index contributed by atoms with van der Waals surface area (Å²) in [6.45, 7) is 2.51. The molecule has 8 heteroatoms. The van der Waals surface area contributed by atoms with Gasteiger partial charge in [0.05, 0.1) is 11.5 Å². The quantitative estimate of drug-likeness (QED) is 0.457. The van der Waals surface area contributed by atoms with Gasteiger partial charge in [-0.1, -0.05) is 35.0 Å². The van der Waals surface area contributed by atoms with Gasteiger partial charge >= 0.3 is 5.97 Å². The maximum atomic E-state index is 11.9. The molecule has 0 aromatic heterocycles. The first-order chi connectivity index (χ1) is 10.5. The first kappa shape index (κ1) is 17.0. The topological polar surface area (TPSA) is 84.8 Å². The van der Waals surface area contributed by atoms with Crippen LogP contribution in [0.4, 0.5) is 0 Å². The fourth-order valence-electron chi connectivity index (χ4n) is 1.94. The second-order valence-electron chi connectivity index (χ2n) is 4.73. The lowest BCUT2D eigenvalue weighted by molar-refractivity contribution is -0.142. The van der Waals surface area contributed by atoms with E-state index in [4.69, 9.17) is 4.74 Å². The summed E-state index contributed by atoms with van der Waals surface area (Å²) in [4.78, 5) is 15.6. The van der Waals surface area contributed by atoms with Crippen LogP contribution in [0.2, 0.25) is 0 Å². The van der Waals surface area contributed by atoms with E-state index in [2.05, 4.69) is 25.6 Å². The summed E-state index contributed by atoms with van der Waals surface area (Å²) in [5.74, 6) is 0.0518. The third-order valence-corrected chi connectivity index (χ3v) is 5.51. The van der Waals surface area contributed by atoms with E-state index in [0.717, 1.165) is 0 Å². The molecule has 2 rings (SSSR count). The van der Waals surface area contributed by atoms with Crippen LogP contribution in [-0.2, 0) is 19.6 Å². The number of carbonyl (C=O) groups excluding carboxylic acids is 1. The van der Waals surface area contributed by atoms with E-state index < -0.39 is 10.0 Å². The fraction of sp³-hybridized carbons (Fsp3) is 0.429. The number of alkyl halides is 1. The summed E-state index contributed by atoms with van der Waals surface area (Å²) in [6.07, 6.45) is 1.20. The number of benzene rings is 1. The summed E-state index contributed by atoms with van der Waals surface area (Å²) in [6, 6.07) is 6.69. The van der Waals surface area contributed by atoms with Crippen LogP contribution in [0.1, 0.15) is 25.3 Å². The standard InChI is InChI=1S/C14H17BrN2O4S/c1-2-11(15)14(18)21-9-5-8-16-13-10-6-3-4-7-12(10)22(19,20)17-13/h3-4,6-7,11H,2,5,8-9H2,1H3,(H,16,17)/t11-/m0/s1. The van der Waals surface area contributed by atoms with Gasteiger partial charge in [-0.25, -0.2) is 8.42 Å². The molecule has 0 amide bonds. The predicted molar refractivity (Wildman–Crippen MR) is 86.7 cm³/mol. The molecule has 1 aliphatic heterocycles. The Kier molecular flexibility index (Phi) is 5.57. The molecule has 0 spiro atoms. The summed E-state index contributed by atoms with van der Waals surface area (Å²) in [5.41, 5.74) is 0.575. The minimum Gasteiger partial charge on any atom is -0.465 e. The van der Waals surface area contributed by atoms with E-state index in [1.807, 2.05) is 6.92 Å². The molecule has 0 radical (unpaired) electrons. The van der Waals surface area contributed by atoms with Crippen molar-refractivity contribution in [1.29, 1.82) is 0 Å². The van der Waals surface area contributed by atoms with Crippen molar-refractivity contribution in [1.82, 2.24) is 4.72 Å². The summed E-state index contributed by atoms with van der Waals surface area (Å²) >= 11 is 3.22. The van der Waals surface area contributed by atoms with Crippen molar-refractivity contribution in [3.05, 3.63) is 29.8 Å². The highest BCUT2D eigenvalue weighted by molar-refractivity contribution is 9.10. The molecule has 0 saturated carbocycles. The van der Waals surface area contributed by atoms with Gasteiger partial charge in [-0.2, -0.15) is 0 Å². The number of sulfonamides is 1. The lowest BCUT2D eigenvalue weighted by Gasteiger charge is -2.07. The van der Waals surface area contributed by atoms with E-state index in [9.17, 15) is 13.2 Å². The van der Waals surface area contributed by atoms with Gasteiger partial charge in [0.2, 0.25) is 0 Å². The Morgan fingerprint density at radius 2 is 2.14 bits per heavy atom. The molecule has 0 bridgehead atoms. The van der Waals surface area contributed by atoms with Gasteiger partial charge in [-0.15, -0.1) is 0 Å². The van der Waals surface area contributed by atoms with E-state index >= 15 is 0 Å². The third-order valence-electron chi connectivity index (χ3n) is 3.09. The van der Waals surface area contributed by atoms with Crippen molar-refractivity contribution < 1.29 is 17.9 Å². The number of aliphatic imine (C=N–C) groups is 1. The lowest BCUT2D eigenvalue weighted by atomic mass is 10.2. The van der Waals surface area contributed by atoms with E-state index in [0.29, 0.717) is 30.8 Å². The second-order valence-corrected chi connectivity index (χ2v) is 7.48. The molecule has 0 aliphatic carbocycles. The number of hydrogen-bond donors (Lipinski definition) is 1. The van der Waals surface area contributed by atoms with Gasteiger partial charge in [0, 0.05) is 18.5 Å². The van der Waals surface area contributed by atoms with Gasteiger partial charge in [-0.3, -0.25) is 14.5 Å². The normalized spacial score (nSPS) is 18.5. The van der Waals surface area contributed by atoms with E-state index in [1.54, 1.807) is 24.3 Å². The van der Waals surface area contributed by atoms with Crippen LogP contribution in [0, 0.1) is 0 Å². The molecule has 1 atom stereocenters. The van der Waals surface area contributed by atoms with Gasteiger partial charge in [-0.05, 0) is 18.6 Å². The zero-order valence-corrected chi connectivity index (χ0v) is 14.5. The smallest absolute Gasteiger partial charge is 0.319 e. The van der Waals surface area contributed by atoms with Gasteiger partial charge in [0.15, 0.2) is 0 Å².